The number of nitrogens with zero attached hydrogens (tertiary/aromatic N) is 3. The summed E-state index contributed by atoms with van der Waals surface area (Å²) in [4.78, 5) is 33.1. The molecular weight excluding hydrogens is 536 g/mol. The first-order valence-corrected chi connectivity index (χ1v) is 12.4. The van der Waals surface area contributed by atoms with Gasteiger partial charge in [-0.15, -0.1) is 0 Å². The smallest absolute Gasteiger partial charge is 0.333 e. The van der Waals surface area contributed by atoms with Gasteiger partial charge in [-0.1, -0.05) is 42.8 Å². The van der Waals surface area contributed by atoms with Gasteiger partial charge in [-0.2, -0.15) is 26.3 Å². The van der Waals surface area contributed by atoms with Gasteiger partial charge < -0.3 is 9.47 Å². The van der Waals surface area contributed by atoms with Crippen molar-refractivity contribution in [1.82, 2.24) is 14.5 Å². The van der Waals surface area contributed by atoms with E-state index in [0.717, 1.165) is 5.56 Å². The number of fused-ring (bicyclic) bond motifs is 2. The molecule has 0 spiro atoms. The van der Waals surface area contributed by atoms with Crippen LogP contribution in [0, 0.1) is 12.8 Å². The quantitative estimate of drug-likeness (QED) is 0.263. The number of benzene rings is 2. The zero-order valence-corrected chi connectivity index (χ0v) is 21.4. The van der Waals surface area contributed by atoms with Gasteiger partial charge in [-0.05, 0) is 48.2 Å². The molecule has 5 rings (SSSR count). The second-order valence-electron chi connectivity index (χ2n) is 10.1. The van der Waals surface area contributed by atoms with Gasteiger partial charge >= 0.3 is 12.4 Å². The third-order valence-electron chi connectivity index (χ3n) is 6.91. The molecule has 0 radical (unpaired) electrons. The van der Waals surface area contributed by atoms with Crippen molar-refractivity contribution < 1.29 is 31.1 Å². The van der Waals surface area contributed by atoms with Crippen molar-refractivity contribution in [3.05, 3.63) is 99.1 Å². The molecule has 1 atom stereocenters. The van der Waals surface area contributed by atoms with Crippen molar-refractivity contribution in [3.63, 3.8) is 0 Å². The third kappa shape index (κ3) is 5.07. The van der Waals surface area contributed by atoms with Crippen LogP contribution < -0.4 is 5.56 Å². The Bertz CT molecular complexity index is 1640. The van der Waals surface area contributed by atoms with Crippen LogP contribution in [0.25, 0.3) is 22.0 Å². The number of pyridine rings is 2. The molecule has 40 heavy (non-hydrogen) atoms. The van der Waals surface area contributed by atoms with Gasteiger partial charge in [-0.25, -0.2) is 0 Å². The van der Waals surface area contributed by atoms with Crippen molar-refractivity contribution in [2.75, 3.05) is 6.54 Å². The second-order valence-corrected chi connectivity index (χ2v) is 10.1. The van der Waals surface area contributed by atoms with E-state index in [4.69, 9.17) is 0 Å². The number of carbonyl (C=O) groups excluding carboxylic acids is 1. The van der Waals surface area contributed by atoms with Gasteiger partial charge in [0.15, 0.2) is 0 Å². The van der Waals surface area contributed by atoms with E-state index in [1.165, 1.54) is 15.7 Å². The van der Waals surface area contributed by atoms with Crippen molar-refractivity contribution in [1.29, 1.82) is 0 Å². The molecule has 0 unspecified atom stereocenters. The molecule has 0 aliphatic carbocycles. The predicted molar refractivity (Wildman–Crippen MR) is 137 cm³/mol. The van der Waals surface area contributed by atoms with Crippen LogP contribution in [0.1, 0.15) is 39.7 Å². The first kappa shape index (κ1) is 27.4. The van der Waals surface area contributed by atoms with Crippen molar-refractivity contribution in [2.24, 2.45) is 5.92 Å². The summed E-state index contributed by atoms with van der Waals surface area (Å²) in [5.74, 6) is -1.02. The topological polar surface area (TPSA) is 55.2 Å². The highest BCUT2D eigenvalue weighted by molar-refractivity contribution is 6.07. The number of amides is 1. The number of aromatic nitrogens is 2. The number of carbonyl (C=O) groups is 1. The molecule has 208 valence electrons. The van der Waals surface area contributed by atoms with Crippen molar-refractivity contribution in [3.8, 4) is 11.1 Å². The average Bonchev–Trinajstić information content (AvgIpc) is 3.00. The normalized spacial score (nSPS) is 16.2. The lowest BCUT2D eigenvalue weighted by Crippen LogP contribution is -2.34. The molecule has 3 heterocycles. The Labute approximate surface area is 224 Å². The summed E-state index contributed by atoms with van der Waals surface area (Å²) in [5, 5.41) is 0.420. The lowest BCUT2D eigenvalue weighted by atomic mass is 9.97. The molecule has 0 saturated heterocycles. The molecule has 1 amide bonds. The Morgan fingerprint density at radius 3 is 2.12 bits per heavy atom. The number of rotatable bonds is 3. The van der Waals surface area contributed by atoms with Gasteiger partial charge in [-0.3, -0.25) is 14.6 Å². The summed E-state index contributed by atoms with van der Waals surface area (Å²) >= 11 is 0. The number of aryl methyl sites for hydroxylation is 1. The van der Waals surface area contributed by atoms with Crippen LogP contribution in [-0.4, -0.2) is 26.9 Å². The summed E-state index contributed by atoms with van der Waals surface area (Å²) < 4.78 is 82.2. The first-order valence-electron chi connectivity index (χ1n) is 12.4. The van der Waals surface area contributed by atoms with Crippen LogP contribution in [0.2, 0.25) is 0 Å². The summed E-state index contributed by atoms with van der Waals surface area (Å²) in [6, 6.07) is 11.8. The second kappa shape index (κ2) is 9.79. The number of halogens is 6. The minimum atomic E-state index is -5.02. The van der Waals surface area contributed by atoms with E-state index < -0.39 is 41.5 Å². The minimum absolute atomic E-state index is 0.00859. The van der Waals surface area contributed by atoms with Gasteiger partial charge in [0, 0.05) is 36.8 Å². The Kier molecular flexibility index (Phi) is 6.71. The van der Waals surface area contributed by atoms with Crippen molar-refractivity contribution >= 4 is 16.8 Å². The lowest BCUT2D eigenvalue weighted by Gasteiger charge is -2.25. The molecule has 1 aliphatic rings. The molecule has 2 aromatic carbocycles. The fourth-order valence-electron chi connectivity index (χ4n) is 5.12. The standard InChI is InChI=1S/C29H23F6N3O2/c1-16-5-7-19(8-6-16)23-22-4-3-9-36-24(22)26(39)38-14-17(2)13-37(27(40)25(23)38)15-18-10-20(28(30,31)32)12-21(11-18)29(33,34)35/h3-12,17H,13-15H2,1-2H3/t17-/m0/s1. The average molecular weight is 560 g/mol. The summed E-state index contributed by atoms with van der Waals surface area (Å²) in [6.07, 6.45) is -8.57. The molecule has 4 aromatic rings. The maximum Gasteiger partial charge on any atom is 0.416 e. The Hall–Kier alpha value is -4.15. The van der Waals surface area contributed by atoms with Crippen molar-refractivity contribution in [2.45, 2.75) is 39.3 Å². The summed E-state index contributed by atoms with van der Waals surface area (Å²) in [5.41, 5.74) is -1.56. The highest BCUT2D eigenvalue weighted by atomic mass is 19.4. The molecule has 0 fully saturated rings. The van der Waals surface area contributed by atoms with Crippen LogP contribution >= 0.6 is 0 Å². The zero-order chi connectivity index (χ0) is 29.0. The molecule has 1 aliphatic heterocycles. The lowest BCUT2D eigenvalue weighted by molar-refractivity contribution is -0.143. The van der Waals surface area contributed by atoms with Gasteiger partial charge in [0.1, 0.15) is 11.2 Å². The van der Waals surface area contributed by atoms with E-state index in [2.05, 4.69) is 4.98 Å². The molecule has 0 saturated carbocycles. The molecule has 5 nitrogen and oxygen atoms in total. The fraction of sp³-hybridized carbons (Fsp3) is 0.276. The number of hydrogen-bond donors (Lipinski definition) is 0. The molecule has 11 heteroatoms. The van der Waals surface area contributed by atoms with Crippen LogP contribution in [0.3, 0.4) is 0 Å². The minimum Gasteiger partial charge on any atom is -0.333 e. The van der Waals surface area contributed by atoms with E-state index in [1.807, 2.05) is 19.1 Å². The van der Waals surface area contributed by atoms with Gasteiger partial charge in [0.05, 0.1) is 11.1 Å². The largest absolute Gasteiger partial charge is 0.416 e. The monoisotopic (exact) mass is 559 g/mol. The molecule has 2 aromatic heterocycles. The third-order valence-corrected chi connectivity index (χ3v) is 6.91. The van der Waals surface area contributed by atoms with Crippen LogP contribution in [0.4, 0.5) is 26.3 Å². The Balaban J connectivity index is 1.70. The Morgan fingerprint density at radius 1 is 0.900 bits per heavy atom. The zero-order valence-electron chi connectivity index (χ0n) is 21.4. The van der Waals surface area contributed by atoms with E-state index in [-0.39, 0.29) is 41.8 Å². The van der Waals surface area contributed by atoms with E-state index in [0.29, 0.717) is 28.6 Å². The highest BCUT2D eigenvalue weighted by Gasteiger charge is 2.38. The number of hydrogen-bond acceptors (Lipinski definition) is 3. The predicted octanol–water partition coefficient (Wildman–Crippen LogP) is 6.70. The van der Waals surface area contributed by atoms with Crippen LogP contribution in [0.5, 0.6) is 0 Å². The van der Waals surface area contributed by atoms with Gasteiger partial charge in [0.25, 0.3) is 11.5 Å². The molecular formula is C29H23F6N3O2. The van der Waals surface area contributed by atoms with E-state index >= 15 is 0 Å². The summed E-state index contributed by atoms with van der Waals surface area (Å²) in [6.45, 7) is 3.25. The molecule has 0 N–H and O–H groups in total. The Morgan fingerprint density at radius 2 is 1.52 bits per heavy atom. The summed E-state index contributed by atoms with van der Waals surface area (Å²) in [7, 11) is 0. The first-order chi connectivity index (χ1) is 18.7. The van der Waals surface area contributed by atoms with Crippen LogP contribution in [-0.2, 0) is 25.4 Å². The van der Waals surface area contributed by atoms with E-state index in [1.54, 1.807) is 31.2 Å². The number of alkyl halides is 6. The van der Waals surface area contributed by atoms with Gasteiger partial charge in [0.2, 0.25) is 0 Å². The molecule has 0 bridgehead atoms. The van der Waals surface area contributed by atoms with E-state index in [9.17, 15) is 35.9 Å². The maximum absolute atomic E-state index is 14.1. The maximum atomic E-state index is 14.1. The highest BCUT2D eigenvalue weighted by Crippen LogP contribution is 2.37. The van der Waals surface area contributed by atoms with Crippen LogP contribution in [0.15, 0.2) is 65.6 Å². The SMILES string of the molecule is Cc1ccc(-c2c3n(c(=O)c4ncccc24)C[C@@H](C)CN(Cc2cc(C(F)(F)F)cc(C(F)(F)F)c2)C3=O)cc1. The fourth-order valence-corrected chi connectivity index (χ4v) is 5.12.